The van der Waals surface area contributed by atoms with Crippen molar-refractivity contribution in [1.29, 1.82) is 15.8 Å². The van der Waals surface area contributed by atoms with Crippen LogP contribution in [-0.4, -0.2) is 0 Å². The molecule has 0 unspecified atom stereocenters. The highest BCUT2D eigenvalue weighted by atomic mass is 15.2. The van der Waals surface area contributed by atoms with Gasteiger partial charge in [0, 0.05) is 67.9 Å². The van der Waals surface area contributed by atoms with Crippen LogP contribution in [0.5, 0.6) is 0 Å². The predicted molar refractivity (Wildman–Crippen MR) is 336 cm³/mol. The standard InChI is InChI=1S/C75H51N7/c76-52-55-22-19-25-58(46-55)70-49-67(79(61-28-7-1-8-29-61)62-30-9-2-10-31-62)40-43-73(70)82(74-44-41-68(50-71(74)59-26-20-23-56(47-59)53-77)80(63-32-11-3-12-33-63)64-34-13-4-14-35-64)75-45-42-69(51-72(75)60-27-21-24-57(48-60)54-78)81(65-36-15-5-16-37-65)66-38-17-6-18-39-66/h1-51H. The van der Waals surface area contributed by atoms with Crippen LogP contribution in [-0.2, 0) is 0 Å². The van der Waals surface area contributed by atoms with Gasteiger partial charge in [0.1, 0.15) is 0 Å². The van der Waals surface area contributed by atoms with E-state index in [1.807, 2.05) is 164 Å². The molecular formula is C75H51N7. The Morgan fingerprint density at radius 1 is 0.195 bits per heavy atom. The summed E-state index contributed by atoms with van der Waals surface area (Å²) >= 11 is 0. The van der Waals surface area contributed by atoms with Crippen LogP contribution in [0.2, 0.25) is 0 Å². The highest BCUT2D eigenvalue weighted by Gasteiger charge is 2.28. The van der Waals surface area contributed by atoms with Gasteiger partial charge in [-0.05, 0) is 180 Å². The van der Waals surface area contributed by atoms with E-state index in [1.54, 1.807) is 0 Å². The summed E-state index contributed by atoms with van der Waals surface area (Å²) in [5.74, 6) is 0. The average molecular weight is 1050 g/mol. The Bertz CT molecular complexity index is 3760. The molecule has 0 radical (unpaired) electrons. The Kier molecular flexibility index (Phi) is 14.6. The largest absolute Gasteiger partial charge is 0.310 e. The lowest BCUT2D eigenvalue weighted by atomic mass is 9.94. The predicted octanol–water partition coefficient (Wildman–Crippen LogP) is 20.2. The minimum Gasteiger partial charge on any atom is -0.310 e. The fourth-order valence-corrected chi connectivity index (χ4v) is 10.7. The molecule has 0 spiro atoms. The fraction of sp³-hybridized carbons (Fsp3) is 0. The van der Waals surface area contributed by atoms with Crippen LogP contribution in [0.15, 0.2) is 309 Å². The van der Waals surface area contributed by atoms with Gasteiger partial charge in [0.2, 0.25) is 0 Å². The Morgan fingerprint density at radius 2 is 0.427 bits per heavy atom. The van der Waals surface area contributed by atoms with Crippen molar-refractivity contribution in [2.45, 2.75) is 0 Å². The van der Waals surface area contributed by atoms with E-state index in [0.717, 1.165) is 102 Å². The third kappa shape index (κ3) is 10.5. The van der Waals surface area contributed by atoms with E-state index in [-0.39, 0.29) is 0 Å². The van der Waals surface area contributed by atoms with E-state index in [2.05, 4.69) is 183 Å². The van der Waals surface area contributed by atoms with E-state index in [9.17, 15) is 15.8 Å². The molecule has 0 bridgehead atoms. The van der Waals surface area contributed by atoms with Gasteiger partial charge < -0.3 is 19.6 Å². The van der Waals surface area contributed by atoms with E-state index < -0.39 is 0 Å². The Balaban J connectivity index is 1.20. The quantitative estimate of drug-likeness (QED) is 0.101. The van der Waals surface area contributed by atoms with E-state index >= 15 is 0 Å². The molecule has 0 saturated carbocycles. The van der Waals surface area contributed by atoms with Gasteiger partial charge in [-0.15, -0.1) is 0 Å². The second kappa shape index (κ2) is 23.5. The van der Waals surface area contributed by atoms with Crippen molar-refractivity contribution >= 4 is 68.2 Å². The second-order valence-electron chi connectivity index (χ2n) is 19.5. The zero-order valence-corrected chi connectivity index (χ0v) is 44.6. The van der Waals surface area contributed by atoms with Crippen LogP contribution in [0.3, 0.4) is 0 Å². The Morgan fingerprint density at radius 3 is 0.646 bits per heavy atom. The molecule has 0 aliphatic carbocycles. The van der Waals surface area contributed by atoms with Gasteiger partial charge in [-0.25, -0.2) is 0 Å². The smallest absolute Gasteiger partial charge is 0.0991 e. The van der Waals surface area contributed by atoms with Gasteiger partial charge in [0.25, 0.3) is 0 Å². The SMILES string of the molecule is N#Cc1cccc(-c2cc(N(c3ccccc3)c3ccccc3)ccc2N(c2ccc(N(c3ccccc3)c3ccccc3)cc2-c2cccc(C#N)c2)c2ccc(N(c3ccccc3)c3ccccc3)cc2-c2cccc(C#N)c2)c1. The van der Waals surface area contributed by atoms with Crippen molar-refractivity contribution in [3.8, 4) is 51.6 Å². The fourth-order valence-electron chi connectivity index (χ4n) is 10.7. The lowest BCUT2D eigenvalue weighted by molar-refractivity contribution is 1.24. The summed E-state index contributed by atoms with van der Waals surface area (Å²) in [7, 11) is 0. The molecule has 0 aliphatic heterocycles. The van der Waals surface area contributed by atoms with E-state index in [1.165, 1.54) is 0 Å². The lowest BCUT2D eigenvalue weighted by Crippen LogP contribution is -2.17. The van der Waals surface area contributed by atoms with Crippen LogP contribution in [0.4, 0.5) is 68.2 Å². The maximum atomic E-state index is 10.5. The van der Waals surface area contributed by atoms with Crippen molar-refractivity contribution in [1.82, 2.24) is 0 Å². The van der Waals surface area contributed by atoms with Crippen molar-refractivity contribution in [2.24, 2.45) is 0 Å². The summed E-state index contributed by atoms with van der Waals surface area (Å²) in [4.78, 5) is 9.05. The first-order chi connectivity index (χ1) is 40.5. The van der Waals surface area contributed by atoms with Gasteiger partial charge in [0.15, 0.2) is 0 Å². The molecule has 0 aromatic heterocycles. The minimum atomic E-state index is 0.518. The van der Waals surface area contributed by atoms with Crippen molar-refractivity contribution in [3.63, 3.8) is 0 Å². The molecule has 0 amide bonds. The molecule has 0 aliphatic rings. The summed E-state index contributed by atoms with van der Waals surface area (Å²) in [6.07, 6.45) is 0. The third-order valence-corrected chi connectivity index (χ3v) is 14.4. The summed E-state index contributed by atoms with van der Waals surface area (Å²) < 4.78 is 0. The molecule has 12 aromatic rings. The third-order valence-electron chi connectivity index (χ3n) is 14.4. The molecule has 0 fully saturated rings. The molecule has 0 heterocycles. The molecule has 7 nitrogen and oxygen atoms in total. The summed E-state index contributed by atoms with van der Waals surface area (Å²) in [5, 5.41) is 31.6. The first kappa shape index (κ1) is 51.1. The zero-order chi connectivity index (χ0) is 55.6. The summed E-state index contributed by atoms with van der Waals surface area (Å²) in [5.41, 5.74) is 17.5. The maximum Gasteiger partial charge on any atom is 0.0991 e. The van der Waals surface area contributed by atoms with E-state index in [4.69, 9.17) is 0 Å². The highest BCUT2D eigenvalue weighted by Crippen LogP contribution is 2.52. The van der Waals surface area contributed by atoms with Crippen molar-refractivity contribution < 1.29 is 0 Å². The number of benzene rings is 12. The first-order valence-corrected chi connectivity index (χ1v) is 27.0. The molecule has 7 heteroatoms. The number of anilines is 12. The van der Waals surface area contributed by atoms with Gasteiger partial charge in [0.05, 0.1) is 52.0 Å². The van der Waals surface area contributed by atoms with Gasteiger partial charge in [-0.1, -0.05) is 146 Å². The normalized spacial score (nSPS) is 10.6. The van der Waals surface area contributed by atoms with Crippen LogP contribution in [0, 0.1) is 34.0 Å². The number of nitriles is 3. The number of hydrogen-bond donors (Lipinski definition) is 0. The zero-order valence-electron chi connectivity index (χ0n) is 44.6. The first-order valence-electron chi connectivity index (χ1n) is 27.0. The van der Waals surface area contributed by atoms with Gasteiger partial charge in [-0.3, -0.25) is 0 Å². The monoisotopic (exact) mass is 1050 g/mol. The average Bonchev–Trinajstić information content (AvgIpc) is 3.73. The summed E-state index contributed by atoms with van der Waals surface area (Å²) in [6.45, 7) is 0. The number of hydrogen-bond acceptors (Lipinski definition) is 7. The number of para-hydroxylation sites is 6. The molecule has 0 N–H and O–H groups in total. The number of nitrogens with zero attached hydrogens (tertiary/aromatic N) is 7. The lowest BCUT2D eigenvalue weighted by Gasteiger charge is -2.35. The molecular weight excluding hydrogens is 999 g/mol. The van der Waals surface area contributed by atoms with Gasteiger partial charge in [-0.2, -0.15) is 15.8 Å². The molecule has 0 atom stereocenters. The van der Waals surface area contributed by atoms with Crippen molar-refractivity contribution in [3.05, 3.63) is 326 Å². The minimum absolute atomic E-state index is 0.518. The van der Waals surface area contributed by atoms with Gasteiger partial charge >= 0.3 is 0 Å². The Hall–Kier alpha value is -11.7. The highest BCUT2D eigenvalue weighted by molar-refractivity contribution is 6.01. The van der Waals surface area contributed by atoms with Crippen LogP contribution < -0.4 is 19.6 Å². The molecule has 12 rings (SSSR count). The molecule has 0 saturated heterocycles. The number of rotatable bonds is 15. The van der Waals surface area contributed by atoms with Crippen LogP contribution >= 0.6 is 0 Å². The summed E-state index contributed by atoms with van der Waals surface area (Å²) in [6, 6.07) is 112. The van der Waals surface area contributed by atoms with Crippen LogP contribution in [0.1, 0.15) is 16.7 Å². The Labute approximate surface area is 478 Å². The topological polar surface area (TPSA) is 84.3 Å². The van der Waals surface area contributed by atoms with Crippen molar-refractivity contribution in [2.75, 3.05) is 19.6 Å². The second-order valence-corrected chi connectivity index (χ2v) is 19.5. The molecule has 82 heavy (non-hydrogen) atoms. The maximum absolute atomic E-state index is 10.5. The molecule has 12 aromatic carbocycles. The molecule has 386 valence electrons. The van der Waals surface area contributed by atoms with Crippen LogP contribution in [0.25, 0.3) is 33.4 Å². The van der Waals surface area contributed by atoms with E-state index in [0.29, 0.717) is 16.7 Å².